The molecule has 2 atom stereocenters. The van der Waals surface area contributed by atoms with E-state index in [1.54, 1.807) is 12.1 Å². The molecule has 1 N–H and O–H groups in total. The van der Waals surface area contributed by atoms with Gasteiger partial charge in [0.25, 0.3) is 5.91 Å². The van der Waals surface area contributed by atoms with E-state index >= 15 is 0 Å². The fraction of sp³-hybridized carbons (Fsp3) is 0.562. The Hall–Kier alpha value is -0.580. The first-order chi connectivity index (χ1) is 9.95. The standard InChI is InChI=1S/C16H22BrClN2O/c1-11-7-12(2)10-20(9-11)6-5-19-16(21)14-8-13(17)3-4-15(14)18/h3-4,8,11-12H,5-7,9-10H2,1-2H3,(H,19,21)/t11-,12-/m1/s1. The Morgan fingerprint density at radius 1 is 1.38 bits per heavy atom. The predicted molar refractivity (Wildman–Crippen MR) is 90.9 cm³/mol. The second kappa shape index (κ2) is 7.61. The third kappa shape index (κ3) is 4.97. The predicted octanol–water partition coefficient (Wildman–Crippen LogP) is 3.81. The van der Waals surface area contributed by atoms with E-state index in [1.807, 2.05) is 6.07 Å². The minimum atomic E-state index is -0.112. The third-order valence-corrected chi connectivity index (χ3v) is 4.65. The van der Waals surface area contributed by atoms with Crippen LogP contribution >= 0.6 is 27.5 Å². The monoisotopic (exact) mass is 372 g/mol. The minimum absolute atomic E-state index is 0.112. The van der Waals surface area contributed by atoms with E-state index in [2.05, 4.69) is 40.0 Å². The molecular formula is C16H22BrClN2O. The number of carbonyl (C=O) groups excluding carboxylic acids is 1. The van der Waals surface area contributed by atoms with Gasteiger partial charge in [-0.25, -0.2) is 0 Å². The Morgan fingerprint density at radius 3 is 2.71 bits per heavy atom. The summed E-state index contributed by atoms with van der Waals surface area (Å²) in [6.07, 6.45) is 1.30. The fourth-order valence-corrected chi connectivity index (χ4v) is 3.63. The van der Waals surface area contributed by atoms with E-state index in [4.69, 9.17) is 11.6 Å². The molecule has 3 nitrogen and oxygen atoms in total. The molecule has 0 unspecified atom stereocenters. The molecule has 1 saturated heterocycles. The molecule has 1 heterocycles. The van der Waals surface area contributed by atoms with Crippen LogP contribution in [-0.4, -0.2) is 37.0 Å². The van der Waals surface area contributed by atoms with Crippen molar-refractivity contribution < 1.29 is 4.79 Å². The lowest BCUT2D eigenvalue weighted by Gasteiger charge is -2.34. The van der Waals surface area contributed by atoms with Crippen molar-refractivity contribution in [3.8, 4) is 0 Å². The molecule has 0 saturated carbocycles. The van der Waals surface area contributed by atoms with Crippen LogP contribution in [0.25, 0.3) is 0 Å². The van der Waals surface area contributed by atoms with Crippen LogP contribution in [0.4, 0.5) is 0 Å². The second-order valence-electron chi connectivity index (χ2n) is 6.09. The number of rotatable bonds is 4. The zero-order valence-corrected chi connectivity index (χ0v) is 14.9. The van der Waals surface area contributed by atoms with Gasteiger partial charge in [-0.2, -0.15) is 0 Å². The highest BCUT2D eigenvalue weighted by Gasteiger charge is 2.21. The highest BCUT2D eigenvalue weighted by Crippen LogP contribution is 2.21. The second-order valence-corrected chi connectivity index (χ2v) is 7.41. The summed E-state index contributed by atoms with van der Waals surface area (Å²) in [5.41, 5.74) is 0.520. The quantitative estimate of drug-likeness (QED) is 0.870. The molecule has 0 aromatic heterocycles. The summed E-state index contributed by atoms with van der Waals surface area (Å²) >= 11 is 9.43. The summed E-state index contributed by atoms with van der Waals surface area (Å²) in [7, 11) is 0. The molecule has 116 valence electrons. The topological polar surface area (TPSA) is 32.3 Å². The summed E-state index contributed by atoms with van der Waals surface area (Å²) in [5.74, 6) is 1.37. The Bertz CT molecular complexity index is 499. The summed E-state index contributed by atoms with van der Waals surface area (Å²) in [6, 6.07) is 5.31. The number of nitrogens with zero attached hydrogens (tertiary/aromatic N) is 1. The molecule has 0 spiro atoms. The molecular weight excluding hydrogens is 352 g/mol. The van der Waals surface area contributed by atoms with E-state index in [0.29, 0.717) is 17.1 Å². The van der Waals surface area contributed by atoms with Crippen molar-refractivity contribution in [2.45, 2.75) is 20.3 Å². The van der Waals surface area contributed by atoms with Crippen LogP contribution in [0.15, 0.2) is 22.7 Å². The van der Waals surface area contributed by atoms with Crippen molar-refractivity contribution in [1.82, 2.24) is 10.2 Å². The highest BCUT2D eigenvalue weighted by molar-refractivity contribution is 9.10. The van der Waals surface area contributed by atoms with E-state index in [1.165, 1.54) is 6.42 Å². The highest BCUT2D eigenvalue weighted by atomic mass is 79.9. The summed E-state index contributed by atoms with van der Waals surface area (Å²) in [4.78, 5) is 14.6. The number of nitrogens with one attached hydrogen (secondary N) is 1. The Labute approximate surface area is 140 Å². The normalized spacial score (nSPS) is 23.0. The number of carbonyl (C=O) groups is 1. The van der Waals surface area contributed by atoms with E-state index < -0.39 is 0 Å². The van der Waals surface area contributed by atoms with Crippen molar-refractivity contribution in [3.63, 3.8) is 0 Å². The average Bonchev–Trinajstić information content (AvgIpc) is 2.40. The van der Waals surface area contributed by atoms with Crippen LogP contribution in [0.3, 0.4) is 0 Å². The fourth-order valence-electron chi connectivity index (χ4n) is 3.07. The van der Waals surface area contributed by atoms with Crippen molar-refractivity contribution in [2.24, 2.45) is 11.8 Å². The maximum Gasteiger partial charge on any atom is 0.252 e. The van der Waals surface area contributed by atoms with Gasteiger partial charge in [-0.05, 0) is 36.5 Å². The number of likely N-dealkylation sites (tertiary alicyclic amines) is 1. The van der Waals surface area contributed by atoms with E-state index in [-0.39, 0.29) is 5.91 Å². The summed E-state index contributed by atoms with van der Waals surface area (Å²) in [6.45, 7) is 8.38. The Morgan fingerprint density at radius 2 is 2.05 bits per heavy atom. The molecule has 5 heteroatoms. The number of hydrogen-bond acceptors (Lipinski definition) is 2. The van der Waals surface area contributed by atoms with Gasteiger partial charge >= 0.3 is 0 Å². The number of hydrogen-bond donors (Lipinski definition) is 1. The van der Waals surface area contributed by atoms with E-state index in [0.717, 1.165) is 35.9 Å². The molecule has 0 aliphatic carbocycles. The van der Waals surface area contributed by atoms with Crippen LogP contribution in [-0.2, 0) is 0 Å². The van der Waals surface area contributed by atoms with Crippen LogP contribution < -0.4 is 5.32 Å². The average molecular weight is 374 g/mol. The zero-order valence-electron chi connectivity index (χ0n) is 12.5. The molecule has 1 aliphatic heterocycles. The van der Waals surface area contributed by atoms with Crippen molar-refractivity contribution >= 4 is 33.4 Å². The van der Waals surface area contributed by atoms with Gasteiger partial charge in [0, 0.05) is 30.7 Å². The zero-order chi connectivity index (χ0) is 15.4. The lowest BCUT2D eigenvalue weighted by molar-refractivity contribution is 0.0936. The largest absolute Gasteiger partial charge is 0.351 e. The van der Waals surface area contributed by atoms with Gasteiger partial charge in [0.15, 0.2) is 0 Å². The SMILES string of the molecule is C[C@@H]1C[C@@H](C)CN(CCNC(=O)c2cc(Br)ccc2Cl)C1. The summed E-state index contributed by atoms with van der Waals surface area (Å²) < 4.78 is 0.857. The molecule has 1 amide bonds. The molecule has 2 rings (SSSR count). The van der Waals surface area contributed by atoms with Gasteiger partial charge in [0.05, 0.1) is 10.6 Å². The molecule has 21 heavy (non-hydrogen) atoms. The molecule has 1 aromatic carbocycles. The van der Waals surface area contributed by atoms with Crippen LogP contribution in [0.5, 0.6) is 0 Å². The Kier molecular flexibility index (Phi) is 6.08. The summed E-state index contributed by atoms with van der Waals surface area (Å²) in [5, 5.41) is 3.44. The van der Waals surface area contributed by atoms with Crippen molar-refractivity contribution in [1.29, 1.82) is 0 Å². The number of benzene rings is 1. The maximum atomic E-state index is 12.2. The number of amides is 1. The van der Waals surface area contributed by atoms with Crippen LogP contribution in [0, 0.1) is 11.8 Å². The number of piperidine rings is 1. The first-order valence-corrected chi connectivity index (χ1v) is 8.58. The molecule has 0 radical (unpaired) electrons. The molecule has 1 aliphatic rings. The van der Waals surface area contributed by atoms with Crippen LogP contribution in [0.1, 0.15) is 30.6 Å². The first kappa shape index (κ1) is 16.8. The van der Waals surface area contributed by atoms with Crippen molar-refractivity contribution in [2.75, 3.05) is 26.2 Å². The molecule has 1 aromatic rings. The number of halogens is 2. The van der Waals surface area contributed by atoms with Gasteiger partial charge in [-0.1, -0.05) is 41.4 Å². The van der Waals surface area contributed by atoms with Gasteiger partial charge in [0.2, 0.25) is 0 Å². The van der Waals surface area contributed by atoms with Gasteiger partial charge in [-0.15, -0.1) is 0 Å². The van der Waals surface area contributed by atoms with Gasteiger partial charge in [-0.3, -0.25) is 4.79 Å². The lowest BCUT2D eigenvalue weighted by atomic mass is 9.92. The first-order valence-electron chi connectivity index (χ1n) is 7.41. The smallest absolute Gasteiger partial charge is 0.252 e. The molecule has 0 bridgehead atoms. The maximum absolute atomic E-state index is 12.2. The van der Waals surface area contributed by atoms with Crippen molar-refractivity contribution in [3.05, 3.63) is 33.3 Å². The van der Waals surface area contributed by atoms with Crippen LogP contribution in [0.2, 0.25) is 5.02 Å². The molecule has 1 fully saturated rings. The van der Waals surface area contributed by atoms with Gasteiger partial charge < -0.3 is 10.2 Å². The lowest BCUT2D eigenvalue weighted by Crippen LogP contribution is -2.42. The van der Waals surface area contributed by atoms with E-state index in [9.17, 15) is 4.79 Å². The minimum Gasteiger partial charge on any atom is -0.351 e. The van der Waals surface area contributed by atoms with Gasteiger partial charge in [0.1, 0.15) is 0 Å². The third-order valence-electron chi connectivity index (χ3n) is 3.83. The Balaban J connectivity index is 1.83.